The first-order chi connectivity index (χ1) is 12.7. The predicted molar refractivity (Wildman–Crippen MR) is 96.0 cm³/mol. The van der Waals surface area contributed by atoms with Crippen LogP contribution in [-0.2, 0) is 14.6 Å². The first-order valence-electron chi connectivity index (χ1n) is 8.02. The molecule has 0 aliphatic carbocycles. The van der Waals surface area contributed by atoms with Crippen molar-refractivity contribution in [3.63, 3.8) is 0 Å². The Morgan fingerprint density at radius 1 is 1.11 bits per heavy atom. The average Bonchev–Trinajstić information content (AvgIpc) is 2.58. The van der Waals surface area contributed by atoms with Gasteiger partial charge in [-0.3, -0.25) is 4.79 Å². The number of hydrogen-bond donors (Lipinski definition) is 1. The summed E-state index contributed by atoms with van der Waals surface area (Å²) in [6.07, 6.45) is 1.71. The van der Waals surface area contributed by atoms with Crippen molar-refractivity contribution in [1.29, 1.82) is 0 Å². The maximum Gasteiger partial charge on any atom is 0.387 e. The molecule has 2 aromatic rings. The molecule has 27 heavy (non-hydrogen) atoms. The number of amides is 1. The van der Waals surface area contributed by atoms with Gasteiger partial charge in [0.05, 0.1) is 11.5 Å². The predicted octanol–water partition coefficient (Wildman–Crippen LogP) is 3.49. The molecule has 0 aromatic heterocycles. The van der Waals surface area contributed by atoms with E-state index in [1.54, 1.807) is 18.2 Å². The molecule has 2 rings (SSSR count). The van der Waals surface area contributed by atoms with Crippen LogP contribution in [0.4, 0.5) is 14.5 Å². The molecule has 1 N–H and O–H groups in total. The van der Waals surface area contributed by atoms with E-state index in [1.165, 1.54) is 30.3 Å². The summed E-state index contributed by atoms with van der Waals surface area (Å²) in [5.41, 5.74) is 0.357. The molecule has 0 spiro atoms. The van der Waals surface area contributed by atoms with Gasteiger partial charge >= 0.3 is 6.61 Å². The third-order valence-corrected chi connectivity index (χ3v) is 4.54. The molecular weight excluding hydrogens is 380 g/mol. The lowest BCUT2D eigenvalue weighted by Crippen LogP contribution is -2.13. The molecule has 0 radical (unpaired) electrons. The number of nitrogens with one attached hydrogen (secondary N) is 1. The van der Waals surface area contributed by atoms with Crippen molar-refractivity contribution in [2.45, 2.75) is 24.3 Å². The summed E-state index contributed by atoms with van der Waals surface area (Å²) in [6, 6.07) is 11.7. The Morgan fingerprint density at radius 3 is 2.44 bits per heavy atom. The Balaban J connectivity index is 1.75. The van der Waals surface area contributed by atoms with Gasteiger partial charge in [-0.15, -0.1) is 0 Å². The van der Waals surface area contributed by atoms with Crippen LogP contribution in [0.1, 0.15) is 12.8 Å². The molecule has 0 aliphatic rings. The first kappa shape index (κ1) is 20.6. The molecule has 0 heterocycles. The van der Waals surface area contributed by atoms with Gasteiger partial charge in [0.1, 0.15) is 11.5 Å². The number of carbonyl (C=O) groups is 1. The second-order valence-electron chi connectivity index (χ2n) is 5.65. The number of alkyl halides is 2. The fraction of sp³-hybridized carbons (Fsp3) is 0.278. The zero-order chi connectivity index (χ0) is 19.9. The summed E-state index contributed by atoms with van der Waals surface area (Å²) >= 11 is 0. The molecule has 0 aliphatic heterocycles. The van der Waals surface area contributed by atoms with Crippen LogP contribution in [0.15, 0.2) is 53.4 Å². The molecule has 0 fully saturated rings. The topological polar surface area (TPSA) is 81.7 Å². The summed E-state index contributed by atoms with van der Waals surface area (Å²) < 4.78 is 56.9. The highest BCUT2D eigenvalue weighted by Crippen LogP contribution is 2.20. The highest BCUT2D eigenvalue weighted by molar-refractivity contribution is 7.90. The van der Waals surface area contributed by atoms with Crippen molar-refractivity contribution in [2.75, 3.05) is 18.2 Å². The van der Waals surface area contributed by atoms with E-state index in [0.717, 1.165) is 6.26 Å². The molecule has 0 saturated carbocycles. The smallest absolute Gasteiger partial charge is 0.387 e. The molecule has 146 valence electrons. The zero-order valence-electron chi connectivity index (χ0n) is 14.5. The highest BCUT2D eigenvalue weighted by Gasteiger charge is 2.08. The van der Waals surface area contributed by atoms with Crippen LogP contribution in [0, 0.1) is 0 Å². The summed E-state index contributed by atoms with van der Waals surface area (Å²) in [5.74, 6) is 0.170. The zero-order valence-corrected chi connectivity index (χ0v) is 15.3. The van der Waals surface area contributed by atoms with Gasteiger partial charge in [0, 0.05) is 24.4 Å². The van der Waals surface area contributed by atoms with Gasteiger partial charge in [0.15, 0.2) is 9.84 Å². The van der Waals surface area contributed by atoms with E-state index in [1.807, 2.05) is 0 Å². The molecule has 0 saturated heterocycles. The maximum atomic E-state index is 12.2. The lowest BCUT2D eigenvalue weighted by Gasteiger charge is -2.09. The van der Waals surface area contributed by atoms with Crippen LogP contribution >= 0.6 is 0 Å². The molecule has 0 unspecified atom stereocenters. The monoisotopic (exact) mass is 399 g/mol. The van der Waals surface area contributed by atoms with Crippen LogP contribution in [0.25, 0.3) is 0 Å². The van der Waals surface area contributed by atoms with E-state index in [0.29, 0.717) is 17.9 Å². The lowest BCUT2D eigenvalue weighted by atomic mass is 10.2. The molecule has 9 heteroatoms. The minimum absolute atomic E-state index is 0.0383. The lowest BCUT2D eigenvalue weighted by molar-refractivity contribution is -0.116. The molecule has 2 aromatic carbocycles. The Kier molecular flexibility index (Phi) is 7.12. The number of hydrogen-bond acceptors (Lipinski definition) is 5. The number of halogens is 2. The third kappa shape index (κ3) is 7.22. The van der Waals surface area contributed by atoms with Gasteiger partial charge in [-0.1, -0.05) is 6.07 Å². The van der Waals surface area contributed by atoms with E-state index in [-0.39, 0.29) is 29.6 Å². The Labute approximate surface area is 156 Å². The van der Waals surface area contributed by atoms with Crippen LogP contribution < -0.4 is 14.8 Å². The fourth-order valence-corrected chi connectivity index (χ4v) is 2.81. The number of sulfone groups is 1. The van der Waals surface area contributed by atoms with E-state index < -0.39 is 16.4 Å². The summed E-state index contributed by atoms with van der Waals surface area (Å²) in [6.45, 7) is -2.67. The minimum atomic E-state index is -3.25. The normalized spacial score (nSPS) is 11.3. The van der Waals surface area contributed by atoms with Crippen LogP contribution in [0.3, 0.4) is 0 Å². The Hall–Kier alpha value is -2.68. The van der Waals surface area contributed by atoms with Gasteiger partial charge in [0.25, 0.3) is 0 Å². The van der Waals surface area contributed by atoms with Crippen LogP contribution in [0.2, 0.25) is 0 Å². The van der Waals surface area contributed by atoms with Crippen molar-refractivity contribution < 1.29 is 31.5 Å². The quantitative estimate of drug-likeness (QED) is 0.653. The van der Waals surface area contributed by atoms with Crippen molar-refractivity contribution >= 4 is 21.4 Å². The third-order valence-electron chi connectivity index (χ3n) is 3.41. The van der Waals surface area contributed by atoms with E-state index in [9.17, 15) is 22.0 Å². The molecular formula is C18H19F2NO5S. The fourth-order valence-electron chi connectivity index (χ4n) is 2.18. The van der Waals surface area contributed by atoms with Gasteiger partial charge in [-0.25, -0.2) is 8.42 Å². The van der Waals surface area contributed by atoms with Gasteiger partial charge in [-0.05, 0) is 42.8 Å². The SMILES string of the molecule is CS(=O)(=O)c1ccc(OCCCC(=O)Nc2cccc(OC(F)F)c2)cc1. The van der Waals surface area contributed by atoms with E-state index in [4.69, 9.17) is 4.74 Å². The number of carbonyl (C=O) groups excluding carboxylic acids is 1. The summed E-state index contributed by atoms with van der Waals surface area (Å²) in [4.78, 5) is 12.1. The minimum Gasteiger partial charge on any atom is -0.494 e. The van der Waals surface area contributed by atoms with Gasteiger partial charge < -0.3 is 14.8 Å². The maximum absolute atomic E-state index is 12.2. The summed E-state index contributed by atoms with van der Waals surface area (Å²) in [7, 11) is -3.25. The number of anilines is 1. The van der Waals surface area contributed by atoms with Crippen LogP contribution in [-0.4, -0.2) is 33.8 Å². The number of ether oxygens (including phenoxy) is 2. The van der Waals surface area contributed by atoms with E-state index in [2.05, 4.69) is 10.1 Å². The van der Waals surface area contributed by atoms with Crippen LogP contribution in [0.5, 0.6) is 11.5 Å². The molecule has 6 nitrogen and oxygen atoms in total. The largest absolute Gasteiger partial charge is 0.494 e. The molecule has 0 atom stereocenters. The first-order valence-corrected chi connectivity index (χ1v) is 9.91. The average molecular weight is 399 g/mol. The number of benzene rings is 2. The second-order valence-corrected chi connectivity index (χ2v) is 7.67. The van der Waals surface area contributed by atoms with E-state index >= 15 is 0 Å². The molecule has 1 amide bonds. The van der Waals surface area contributed by atoms with Gasteiger partial charge in [-0.2, -0.15) is 8.78 Å². The summed E-state index contributed by atoms with van der Waals surface area (Å²) in [5, 5.41) is 2.59. The number of rotatable bonds is 9. The molecule has 0 bridgehead atoms. The standard InChI is InChI=1S/C18H19F2NO5S/c1-27(23,24)16-9-7-14(8-10-16)25-11-3-6-17(22)21-13-4-2-5-15(12-13)26-18(19)20/h2,4-5,7-10,12,18H,3,6,11H2,1H3,(H,21,22). The van der Waals surface area contributed by atoms with Crippen molar-refractivity contribution in [3.8, 4) is 11.5 Å². The van der Waals surface area contributed by atoms with Gasteiger partial charge in [0.2, 0.25) is 5.91 Å². The van der Waals surface area contributed by atoms with Crippen molar-refractivity contribution in [3.05, 3.63) is 48.5 Å². The van der Waals surface area contributed by atoms with Crippen molar-refractivity contribution in [2.24, 2.45) is 0 Å². The highest BCUT2D eigenvalue weighted by atomic mass is 32.2. The van der Waals surface area contributed by atoms with Crippen molar-refractivity contribution in [1.82, 2.24) is 0 Å². The Bertz CT molecular complexity index is 870. The second kappa shape index (κ2) is 9.31. The Morgan fingerprint density at radius 2 is 1.81 bits per heavy atom.